The highest BCUT2D eigenvalue weighted by Crippen LogP contribution is 2.24. The van der Waals surface area contributed by atoms with E-state index in [1.807, 2.05) is 13.8 Å². The first-order valence-corrected chi connectivity index (χ1v) is 10.4. The molecular formula is C20H25N7O2S2. The smallest absolute Gasteiger partial charge is 0.271 e. The number of para-hydroxylation sites is 2. The van der Waals surface area contributed by atoms with Gasteiger partial charge in [0.2, 0.25) is 0 Å². The standard InChI is InChI=1S/C20H25N7O2S2/c1-3-22-20(31)25-24-17(28)13-9-5-7-11-15(13)23-16-12-8-6-10-14(16)18(29)26-27(4-2)19(21)30/h5-12,23H,3-4H2,1-2H3,(H2,21,30)(H,24,28)(H,26,29)(H2,22,25,31). The molecule has 0 heterocycles. The fourth-order valence-corrected chi connectivity index (χ4v) is 2.95. The number of carbonyl (C=O) groups excluding carboxylic acids is 2. The normalized spacial score (nSPS) is 9.87. The van der Waals surface area contributed by atoms with E-state index in [9.17, 15) is 9.59 Å². The van der Waals surface area contributed by atoms with Gasteiger partial charge < -0.3 is 16.4 Å². The predicted molar refractivity (Wildman–Crippen MR) is 130 cm³/mol. The van der Waals surface area contributed by atoms with Gasteiger partial charge in [-0.25, -0.2) is 0 Å². The van der Waals surface area contributed by atoms with Crippen LogP contribution in [-0.4, -0.2) is 40.1 Å². The molecule has 2 amide bonds. The van der Waals surface area contributed by atoms with Gasteiger partial charge in [0.25, 0.3) is 11.8 Å². The minimum atomic E-state index is -0.393. The topological polar surface area (TPSA) is 124 Å². The molecule has 164 valence electrons. The van der Waals surface area contributed by atoms with E-state index in [1.54, 1.807) is 48.5 Å². The summed E-state index contributed by atoms with van der Waals surface area (Å²) in [7, 11) is 0. The van der Waals surface area contributed by atoms with E-state index in [0.717, 1.165) is 0 Å². The van der Waals surface area contributed by atoms with Crippen LogP contribution in [0.1, 0.15) is 34.6 Å². The monoisotopic (exact) mass is 459 g/mol. The van der Waals surface area contributed by atoms with Crippen molar-refractivity contribution in [1.29, 1.82) is 0 Å². The summed E-state index contributed by atoms with van der Waals surface area (Å²) in [5.74, 6) is -0.784. The molecule has 0 atom stereocenters. The molecule has 0 fully saturated rings. The van der Waals surface area contributed by atoms with E-state index < -0.39 is 11.8 Å². The molecule has 0 radical (unpaired) electrons. The number of thiocarbonyl (C=S) groups is 2. The zero-order valence-electron chi connectivity index (χ0n) is 17.2. The van der Waals surface area contributed by atoms with Crippen molar-refractivity contribution in [1.82, 2.24) is 26.6 Å². The van der Waals surface area contributed by atoms with Crippen LogP contribution in [0.25, 0.3) is 0 Å². The van der Waals surface area contributed by atoms with Crippen LogP contribution in [0.4, 0.5) is 11.4 Å². The lowest BCUT2D eigenvalue weighted by atomic mass is 10.1. The Labute approximate surface area is 191 Å². The van der Waals surface area contributed by atoms with Crippen molar-refractivity contribution in [2.75, 3.05) is 18.4 Å². The van der Waals surface area contributed by atoms with Crippen molar-refractivity contribution < 1.29 is 9.59 Å². The molecule has 11 heteroatoms. The fourth-order valence-electron chi connectivity index (χ4n) is 2.58. The molecule has 0 unspecified atom stereocenters. The minimum Gasteiger partial charge on any atom is -0.375 e. The van der Waals surface area contributed by atoms with Crippen LogP contribution in [-0.2, 0) is 0 Å². The second kappa shape index (κ2) is 11.7. The van der Waals surface area contributed by atoms with Gasteiger partial charge in [0, 0.05) is 13.1 Å². The molecule has 2 aromatic rings. The van der Waals surface area contributed by atoms with Crippen molar-refractivity contribution in [2.24, 2.45) is 5.73 Å². The Morgan fingerprint density at radius 3 is 1.97 bits per heavy atom. The molecule has 0 aliphatic heterocycles. The summed E-state index contributed by atoms with van der Waals surface area (Å²) >= 11 is 9.99. The number of carbonyl (C=O) groups is 2. The maximum atomic E-state index is 12.8. The van der Waals surface area contributed by atoms with Crippen LogP contribution >= 0.6 is 24.4 Å². The first-order valence-electron chi connectivity index (χ1n) is 9.54. The third kappa shape index (κ3) is 6.79. The third-order valence-electron chi connectivity index (χ3n) is 4.06. The summed E-state index contributed by atoms with van der Waals surface area (Å²) in [4.78, 5) is 25.4. The van der Waals surface area contributed by atoms with Crippen LogP contribution in [0, 0.1) is 0 Å². The summed E-state index contributed by atoms with van der Waals surface area (Å²) in [6.45, 7) is 4.75. The van der Waals surface area contributed by atoms with Crippen molar-refractivity contribution >= 4 is 57.8 Å². The Morgan fingerprint density at radius 2 is 1.45 bits per heavy atom. The maximum absolute atomic E-state index is 12.8. The summed E-state index contributed by atoms with van der Waals surface area (Å²) in [6, 6.07) is 13.8. The lowest BCUT2D eigenvalue weighted by molar-refractivity contribution is 0.0875. The van der Waals surface area contributed by atoms with Crippen molar-refractivity contribution in [3.05, 3.63) is 59.7 Å². The number of hydrogen-bond acceptors (Lipinski definition) is 5. The van der Waals surface area contributed by atoms with Gasteiger partial charge in [-0.05, 0) is 62.5 Å². The lowest BCUT2D eigenvalue weighted by Gasteiger charge is -2.22. The van der Waals surface area contributed by atoms with E-state index in [2.05, 4.69) is 26.9 Å². The molecule has 31 heavy (non-hydrogen) atoms. The van der Waals surface area contributed by atoms with Crippen LogP contribution < -0.4 is 32.6 Å². The van der Waals surface area contributed by atoms with E-state index in [1.165, 1.54) is 5.01 Å². The summed E-state index contributed by atoms with van der Waals surface area (Å²) < 4.78 is 0. The average Bonchev–Trinajstić information content (AvgIpc) is 2.76. The summed E-state index contributed by atoms with van der Waals surface area (Å²) in [5, 5.41) is 7.77. The molecule has 0 aliphatic carbocycles. The molecule has 0 saturated carbocycles. The van der Waals surface area contributed by atoms with Gasteiger partial charge in [-0.2, -0.15) is 0 Å². The number of hydrogen-bond donors (Lipinski definition) is 6. The fraction of sp³-hybridized carbons (Fsp3) is 0.200. The van der Waals surface area contributed by atoms with Gasteiger partial charge in [0.15, 0.2) is 10.2 Å². The van der Waals surface area contributed by atoms with Gasteiger partial charge >= 0.3 is 0 Å². The highest BCUT2D eigenvalue weighted by atomic mass is 32.1. The Kier molecular flexibility index (Phi) is 8.97. The zero-order chi connectivity index (χ0) is 22.8. The Bertz CT molecular complexity index is 968. The number of anilines is 2. The molecule has 0 aliphatic rings. The number of nitrogens with one attached hydrogen (secondary N) is 5. The highest BCUT2D eigenvalue weighted by molar-refractivity contribution is 7.80. The Morgan fingerprint density at radius 1 is 0.903 bits per heavy atom. The molecular weight excluding hydrogens is 434 g/mol. The molecule has 7 N–H and O–H groups in total. The zero-order valence-corrected chi connectivity index (χ0v) is 18.8. The van der Waals surface area contributed by atoms with E-state index in [-0.39, 0.29) is 5.11 Å². The largest absolute Gasteiger partial charge is 0.375 e. The molecule has 0 spiro atoms. The molecule has 0 saturated heterocycles. The maximum Gasteiger partial charge on any atom is 0.271 e. The summed E-state index contributed by atoms with van der Waals surface area (Å²) in [5.41, 5.74) is 15.2. The molecule has 0 aromatic heterocycles. The van der Waals surface area contributed by atoms with Crippen molar-refractivity contribution in [3.63, 3.8) is 0 Å². The van der Waals surface area contributed by atoms with Gasteiger partial charge in [-0.3, -0.25) is 30.9 Å². The van der Waals surface area contributed by atoms with Crippen molar-refractivity contribution in [3.8, 4) is 0 Å². The molecule has 0 bridgehead atoms. The van der Waals surface area contributed by atoms with Gasteiger partial charge in [-0.1, -0.05) is 24.3 Å². The lowest BCUT2D eigenvalue weighted by Crippen LogP contribution is -2.48. The first-order chi connectivity index (χ1) is 14.9. The Balaban J connectivity index is 2.22. The van der Waals surface area contributed by atoms with E-state index in [0.29, 0.717) is 40.7 Å². The number of rotatable bonds is 6. The van der Waals surface area contributed by atoms with Crippen LogP contribution in [0.3, 0.4) is 0 Å². The predicted octanol–water partition coefficient (Wildman–Crippen LogP) is 1.77. The number of hydrazine groups is 2. The Hall–Kier alpha value is -3.44. The number of nitrogens with zero attached hydrogens (tertiary/aromatic N) is 1. The highest BCUT2D eigenvalue weighted by Gasteiger charge is 2.17. The second-order valence-corrected chi connectivity index (χ2v) is 7.00. The SMILES string of the molecule is CCNC(=S)NNC(=O)c1ccccc1Nc1ccccc1C(=O)NN(CC)C(N)=S. The first kappa shape index (κ1) is 23.8. The van der Waals surface area contributed by atoms with Crippen LogP contribution in [0.5, 0.6) is 0 Å². The second-order valence-electron chi connectivity index (χ2n) is 6.18. The van der Waals surface area contributed by atoms with Gasteiger partial charge in [0.05, 0.1) is 22.5 Å². The quantitative estimate of drug-likeness (QED) is 0.283. The average molecular weight is 460 g/mol. The van der Waals surface area contributed by atoms with Gasteiger partial charge in [0.1, 0.15) is 0 Å². The third-order valence-corrected chi connectivity index (χ3v) is 4.53. The number of amides is 2. The van der Waals surface area contributed by atoms with Crippen LogP contribution in [0.15, 0.2) is 48.5 Å². The minimum absolute atomic E-state index is 0.0614. The van der Waals surface area contributed by atoms with E-state index in [4.69, 9.17) is 30.2 Å². The number of nitrogens with two attached hydrogens (primary N) is 1. The molecule has 2 aromatic carbocycles. The van der Waals surface area contributed by atoms with Gasteiger partial charge in [-0.15, -0.1) is 0 Å². The summed E-state index contributed by atoms with van der Waals surface area (Å²) in [6.07, 6.45) is 0. The van der Waals surface area contributed by atoms with Crippen molar-refractivity contribution in [2.45, 2.75) is 13.8 Å². The number of benzene rings is 2. The molecule has 2 rings (SSSR count). The molecule has 9 nitrogen and oxygen atoms in total. The van der Waals surface area contributed by atoms with E-state index >= 15 is 0 Å². The van der Waals surface area contributed by atoms with Crippen LogP contribution in [0.2, 0.25) is 0 Å².